The van der Waals surface area contributed by atoms with Gasteiger partial charge in [-0.2, -0.15) is 0 Å². The van der Waals surface area contributed by atoms with Crippen LogP contribution < -0.4 is 5.32 Å². The van der Waals surface area contributed by atoms with Crippen LogP contribution in [-0.4, -0.2) is 23.7 Å². The average Bonchev–Trinajstić information content (AvgIpc) is 2.61. The molecule has 3 heteroatoms. The van der Waals surface area contributed by atoms with E-state index in [-0.39, 0.29) is 6.04 Å². The van der Waals surface area contributed by atoms with Gasteiger partial charge in [-0.1, -0.05) is 58.3 Å². The highest BCUT2D eigenvalue weighted by Gasteiger charge is 2.17. The van der Waals surface area contributed by atoms with Crippen molar-refractivity contribution in [2.24, 2.45) is 5.92 Å². The molecule has 1 rings (SSSR count). The molecule has 0 aromatic carbocycles. The van der Waals surface area contributed by atoms with E-state index < -0.39 is 5.97 Å². The molecule has 1 saturated carbocycles. The molecule has 0 aromatic heterocycles. The summed E-state index contributed by atoms with van der Waals surface area (Å²) in [5, 5.41) is 12.3. The van der Waals surface area contributed by atoms with Crippen molar-refractivity contribution in [3.8, 4) is 0 Å². The van der Waals surface area contributed by atoms with Crippen LogP contribution in [0.5, 0.6) is 0 Å². The average molecular weight is 255 g/mol. The number of carbonyl (C=O) groups is 1. The Bertz CT molecular complexity index is 223. The van der Waals surface area contributed by atoms with E-state index in [9.17, 15) is 4.79 Å². The van der Waals surface area contributed by atoms with E-state index >= 15 is 0 Å². The second kappa shape index (κ2) is 9.37. The predicted molar refractivity (Wildman–Crippen MR) is 74.8 cm³/mol. The van der Waals surface area contributed by atoms with Gasteiger partial charge in [-0.3, -0.25) is 4.79 Å². The first-order valence-corrected chi connectivity index (χ1v) is 7.70. The molecular formula is C15H29NO2. The van der Waals surface area contributed by atoms with E-state index in [1.54, 1.807) is 0 Å². The summed E-state index contributed by atoms with van der Waals surface area (Å²) in [6.45, 7) is 2.97. The second-order valence-corrected chi connectivity index (χ2v) is 5.63. The lowest BCUT2D eigenvalue weighted by molar-refractivity contribution is -0.139. The van der Waals surface area contributed by atoms with Crippen molar-refractivity contribution in [2.45, 2.75) is 77.2 Å². The maximum Gasteiger partial charge on any atom is 0.320 e. The molecular weight excluding hydrogens is 226 g/mol. The first kappa shape index (κ1) is 15.5. The number of carboxylic acid groups (broad SMARTS) is 1. The van der Waals surface area contributed by atoms with Gasteiger partial charge in [0.15, 0.2) is 0 Å². The molecule has 2 N–H and O–H groups in total. The van der Waals surface area contributed by atoms with Crippen molar-refractivity contribution in [1.29, 1.82) is 0 Å². The maximum atomic E-state index is 11.1. The van der Waals surface area contributed by atoms with Crippen LogP contribution in [0.25, 0.3) is 0 Å². The molecule has 3 nitrogen and oxygen atoms in total. The Hall–Kier alpha value is -0.570. The zero-order chi connectivity index (χ0) is 13.2. The Balaban J connectivity index is 2.18. The molecule has 0 amide bonds. The van der Waals surface area contributed by atoms with Crippen molar-refractivity contribution in [1.82, 2.24) is 5.32 Å². The number of hydrogen-bond acceptors (Lipinski definition) is 2. The van der Waals surface area contributed by atoms with E-state index in [2.05, 4.69) is 12.2 Å². The van der Waals surface area contributed by atoms with E-state index in [1.807, 2.05) is 0 Å². The van der Waals surface area contributed by atoms with Crippen LogP contribution in [-0.2, 0) is 4.79 Å². The first-order valence-electron chi connectivity index (χ1n) is 7.70. The van der Waals surface area contributed by atoms with Gasteiger partial charge in [0.05, 0.1) is 0 Å². The maximum absolute atomic E-state index is 11.1. The fraction of sp³-hybridized carbons (Fsp3) is 0.933. The standard InChI is InChI=1S/C15H29NO2/c1-2-3-10-14(15(17)18)16-12-11-13-8-6-4-5-7-9-13/h13-14,16H,2-12H2,1H3,(H,17,18)/t14-/m0/s1. The molecule has 0 unspecified atom stereocenters. The van der Waals surface area contributed by atoms with Gasteiger partial charge >= 0.3 is 5.97 Å². The molecule has 1 aliphatic rings. The minimum absolute atomic E-state index is 0.337. The van der Waals surface area contributed by atoms with Gasteiger partial charge in [-0.15, -0.1) is 0 Å². The third-order valence-electron chi connectivity index (χ3n) is 4.06. The summed E-state index contributed by atoms with van der Waals surface area (Å²) in [6.07, 6.45) is 12.2. The predicted octanol–water partition coefficient (Wildman–Crippen LogP) is 3.58. The van der Waals surface area contributed by atoms with Crippen molar-refractivity contribution in [2.75, 3.05) is 6.54 Å². The largest absolute Gasteiger partial charge is 0.480 e. The highest BCUT2D eigenvalue weighted by atomic mass is 16.4. The van der Waals surface area contributed by atoms with Gasteiger partial charge in [0, 0.05) is 0 Å². The number of nitrogens with one attached hydrogen (secondary N) is 1. The molecule has 0 aliphatic heterocycles. The summed E-state index contributed by atoms with van der Waals surface area (Å²) in [7, 11) is 0. The van der Waals surface area contributed by atoms with Gasteiger partial charge in [-0.05, 0) is 25.3 Å². The van der Waals surface area contributed by atoms with Crippen LogP contribution in [0, 0.1) is 5.92 Å². The first-order chi connectivity index (χ1) is 8.74. The molecule has 0 spiro atoms. The van der Waals surface area contributed by atoms with Crippen LogP contribution in [0.4, 0.5) is 0 Å². The van der Waals surface area contributed by atoms with Gasteiger partial charge in [0.1, 0.15) is 6.04 Å². The normalized spacial score (nSPS) is 19.4. The molecule has 0 heterocycles. The van der Waals surface area contributed by atoms with Gasteiger partial charge in [0.25, 0.3) is 0 Å². The van der Waals surface area contributed by atoms with Crippen LogP contribution in [0.15, 0.2) is 0 Å². The molecule has 0 saturated heterocycles. The number of carboxylic acids is 1. The van der Waals surface area contributed by atoms with E-state index in [1.165, 1.54) is 38.5 Å². The van der Waals surface area contributed by atoms with Crippen molar-refractivity contribution < 1.29 is 9.90 Å². The second-order valence-electron chi connectivity index (χ2n) is 5.63. The number of aliphatic carboxylic acids is 1. The van der Waals surface area contributed by atoms with E-state index in [4.69, 9.17) is 5.11 Å². The zero-order valence-corrected chi connectivity index (χ0v) is 11.8. The van der Waals surface area contributed by atoms with Gasteiger partial charge in [0.2, 0.25) is 0 Å². The van der Waals surface area contributed by atoms with E-state index in [0.29, 0.717) is 0 Å². The van der Waals surface area contributed by atoms with Gasteiger partial charge in [-0.25, -0.2) is 0 Å². The molecule has 1 atom stereocenters. The van der Waals surface area contributed by atoms with Crippen molar-refractivity contribution in [3.63, 3.8) is 0 Å². The van der Waals surface area contributed by atoms with Crippen LogP contribution in [0.3, 0.4) is 0 Å². The van der Waals surface area contributed by atoms with Crippen LogP contribution >= 0.6 is 0 Å². The third kappa shape index (κ3) is 6.39. The van der Waals surface area contributed by atoms with Gasteiger partial charge < -0.3 is 10.4 Å². The minimum Gasteiger partial charge on any atom is -0.480 e. The Morgan fingerprint density at radius 3 is 2.50 bits per heavy atom. The van der Waals surface area contributed by atoms with Crippen LogP contribution in [0.2, 0.25) is 0 Å². The Morgan fingerprint density at radius 2 is 1.94 bits per heavy atom. The number of hydrogen-bond donors (Lipinski definition) is 2. The molecule has 1 aliphatic carbocycles. The summed E-state index contributed by atoms with van der Waals surface area (Å²) in [6, 6.07) is -0.337. The molecule has 0 radical (unpaired) electrons. The number of unbranched alkanes of at least 4 members (excludes halogenated alkanes) is 1. The molecule has 0 aromatic rings. The summed E-state index contributed by atoms with van der Waals surface area (Å²) >= 11 is 0. The Labute approximate surface area is 111 Å². The smallest absolute Gasteiger partial charge is 0.320 e. The summed E-state index contributed by atoms with van der Waals surface area (Å²) < 4.78 is 0. The topological polar surface area (TPSA) is 49.3 Å². The van der Waals surface area contributed by atoms with Crippen molar-refractivity contribution in [3.05, 3.63) is 0 Å². The molecule has 0 bridgehead atoms. The molecule has 18 heavy (non-hydrogen) atoms. The summed E-state index contributed by atoms with van der Waals surface area (Å²) in [4.78, 5) is 11.1. The third-order valence-corrected chi connectivity index (χ3v) is 4.06. The summed E-state index contributed by atoms with van der Waals surface area (Å²) in [5.41, 5.74) is 0. The fourth-order valence-corrected chi connectivity index (χ4v) is 2.84. The minimum atomic E-state index is -0.690. The highest BCUT2D eigenvalue weighted by Crippen LogP contribution is 2.24. The Kier molecular flexibility index (Phi) is 8.06. The highest BCUT2D eigenvalue weighted by molar-refractivity contribution is 5.73. The molecule has 106 valence electrons. The summed E-state index contributed by atoms with van der Waals surface area (Å²) in [5.74, 6) is 0.130. The quantitative estimate of drug-likeness (QED) is 0.652. The molecule has 1 fully saturated rings. The number of rotatable bonds is 8. The SMILES string of the molecule is CCCC[C@H](NCCC1CCCCCC1)C(=O)O. The lowest BCUT2D eigenvalue weighted by Crippen LogP contribution is -2.37. The lowest BCUT2D eigenvalue weighted by atomic mass is 9.96. The lowest BCUT2D eigenvalue weighted by Gasteiger charge is -2.17. The monoisotopic (exact) mass is 255 g/mol. The fourth-order valence-electron chi connectivity index (χ4n) is 2.84. The van der Waals surface area contributed by atoms with Crippen molar-refractivity contribution >= 4 is 5.97 Å². The van der Waals surface area contributed by atoms with Crippen LogP contribution in [0.1, 0.15) is 71.1 Å². The Morgan fingerprint density at radius 1 is 1.28 bits per heavy atom. The zero-order valence-electron chi connectivity index (χ0n) is 11.8. The van der Waals surface area contributed by atoms with E-state index in [0.717, 1.165) is 38.1 Å².